The smallest absolute Gasteiger partial charge is 0.358 e. The van der Waals surface area contributed by atoms with Crippen LogP contribution in [-0.4, -0.2) is 43.6 Å². The fourth-order valence-corrected chi connectivity index (χ4v) is 14.9. The molecule has 0 N–H and O–H groups in total. The van der Waals surface area contributed by atoms with E-state index in [1.165, 1.54) is 49.1 Å². The van der Waals surface area contributed by atoms with Crippen LogP contribution in [0.15, 0.2) is 60.7 Å². The second-order valence-electron chi connectivity index (χ2n) is 11.3. The number of halogens is 1. The largest absolute Gasteiger partial charge is 2.00 e. The van der Waals surface area contributed by atoms with Gasteiger partial charge in [0.15, 0.2) is 0 Å². The van der Waals surface area contributed by atoms with E-state index in [-0.39, 0.29) is 39.8 Å². The van der Waals surface area contributed by atoms with E-state index in [0.717, 1.165) is 5.54 Å². The first-order valence-corrected chi connectivity index (χ1v) is 18.8. The van der Waals surface area contributed by atoms with Crippen LogP contribution < -0.4 is 10.6 Å². The van der Waals surface area contributed by atoms with E-state index >= 15 is 0 Å². The first kappa shape index (κ1) is 36.0. The minimum absolute atomic E-state index is 0. The quantitative estimate of drug-likeness (QED) is 0.133. The van der Waals surface area contributed by atoms with Crippen molar-refractivity contribution in [1.82, 2.24) is 4.90 Å². The van der Waals surface area contributed by atoms with Crippen molar-refractivity contribution in [2.24, 2.45) is 5.92 Å². The van der Waals surface area contributed by atoms with Crippen LogP contribution >= 0.6 is 23.9 Å². The molecule has 204 valence electrons. The van der Waals surface area contributed by atoms with Crippen molar-refractivity contribution < 1.29 is 17.1 Å². The van der Waals surface area contributed by atoms with E-state index in [0.29, 0.717) is 22.4 Å². The van der Waals surface area contributed by atoms with Gasteiger partial charge in [-0.05, 0) is 63.1 Å². The molecule has 2 aromatic rings. The van der Waals surface area contributed by atoms with E-state index in [1.807, 2.05) is 0 Å². The number of alkyl halides is 1. The standard InChI is InChI=1S/C24H35BrNPSi.C5H10.2CH3.Fe/c1-18(26(2)3)23-21(17-22(24(23)25)28(4,5)6)27(19-13-9-7-10-14-19)20-15-11-8-12-16-20;1-2-4-5-3-1;;;/h7-16,18,21-24H,17H2,1-6H3;1-5H2;2*1H3;/q;;2*-1;+2/t18-,21?,22?,23?,24?;;;;/m1..../s1. The van der Waals surface area contributed by atoms with Crippen molar-refractivity contribution in [3.05, 3.63) is 75.5 Å². The number of benzene rings is 2. The second kappa shape index (κ2) is 16.9. The maximum absolute atomic E-state index is 4.25. The number of hydrogen-bond acceptors (Lipinski definition) is 1. The summed E-state index contributed by atoms with van der Waals surface area (Å²) in [4.78, 5) is 3.04. The average Bonchev–Trinajstić information content (AvgIpc) is 3.47. The van der Waals surface area contributed by atoms with Crippen molar-refractivity contribution in [1.29, 1.82) is 0 Å². The fourth-order valence-electron chi connectivity index (χ4n) is 5.66. The molecule has 0 radical (unpaired) electrons. The Bertz CT molecular complexity index is 778. The molecular weight excluding hydrogens is 581 g/mol. The van der Waals surface area contributed by atoms with Gasteiger partial charge >= 0.3 is 17.1 Å². The maximum Gasteiger partial charge on any atom is 2.00 e. The molecular formula is C31H51BrFeNPSi. The number of rotatable bonds is 6. The Morgan fingerprint density at radius 2 is 1.19 bits per heavy atom. The van der Waals surface area contributed by atoms with Gasteiger partial charge in [-0.1, -0.05) is 128 Å². The number of hydrogen-bond donors (Lipinski definition) is 0. The zero-order valence-electron chi connectivity index (χ0n) is 24.0. The van der Waals surface area contributed by atoms with Gasteiger partial charge in [-0.15, -0.1) is 0 Å². The molecule has 2 aliphatic carbocycles. The normalized spacial score (nSPS) is 24.1. The molecule has 2 aliphatic rings. The summed E-state index contributed by atoms with van der Waals surface area (Å²) < 4.78 is 0. The third-order valence-corrected chi connectivity index (χ3v) is 15.3. The molecule has 0 amide bonds. The monoisotopic (exact) mass is 631 g/mol. The van der Waals surface area contributed by atoms with Crippen LogP contribution in [0.4, 0.5) is 0 Å². The Morgan fingerprint density at radius 1 is 0.806 bits per heavy atom. The predicted molar refractivity (Wildman–Crippen MR) is 170 cm³/mol. The zero-order valence-corrected chi connectivity index (χ0v) is 28.6. The van der Waals surface area contributed by atoms with Crippen LogP contribution in [0.25, 0.3) is 0 Å². The summed E-state index contributed by atoms with van der Waals surface area (Å²) in [5.74, 6) is 0.665. The Balaban J connectivity index is 0.00000137. The van der Waals surface area contributed by atoms with Crippen LogP contribution in [0.3, 0.4) is 0 Å². The molecule has 5 heteroatoms. The first-order chi connectivity index (χ1) is 15.7. The van der Waals surface area contributed by atoms with Crippen LogP contribution in [-0.2, 0) is 17.1 Å². The molecule has 0 heterocycles. The maximum atomic E-state index is 4.25. The molecule has 0 aliphatic heterocycles. The van der Waals surface area contributed by atoms with Gasteiger partial charge in [0.05, 0.1) is 0 Å². The SMILES string of the molecule is C1CCCC1.C[C@H](C1C(Br)C([Si](C)(C)C)CC1P(c1ccccc1)c1ccccc1)N(C)C.[CH3-].[CH3-].[Fe+2]. The molecule has 2 saturated carbocycles. The van der Waals surface area contributed by atoms with E-state index < -0.39 is 8.07 Å². The molecule has 0 aromatic heterocycles. The summed E-state index contributed by atoms with van der Waals surface area (Å²) in [6.07, 6.45) is 8.85. The van der Waals surface area contributed by atoms with Gasteiger partial charge in [0, 0.05) is 18.9 Å². The van der Waals surface area contributed by atoms with E-state index in [1.54, 1.807) is 0 Å². The molecule has 0 saturated heterocycles. The molecule has 4 rings (SSSR count). The summed E-state index contributed by atoms with van der Waals surface area (Å²) in [6.45, 7) is 10.1. The van der Waals surface area contributed by atoms with Crippen molar-refractivity contribution in [3.63, 3.8) is 0 Å². The van der Waals surface area contributed by atoms with Crippen LogP contribution in [0, 0.1) is 20.8 Å². The minimum atomic E-state index is -1.25. The van der Waals surface area contributed by atoms with Crippen LogP contribution in [0.5, 0.6) is 0 Å². The first-order valence-electron chi connectivity index (χ1n) is 12.9. The molecule has 2 fully saturated rings. The van der Waals surface area contributed by atoms with E-state index in [2.05, 4.69) is 122 Å². The fraction of sp³-hybridized carbons (Fsp3) is 0.548. The third-order valence-electron chi connectivity index (χ3n) is 7.83. The summed E-state index contributed by atoms with van der Waals surface area (Å²) in [5, 5.41) is 3.06. The van der Waals surface area contributed by atoms with Gasteiger partial charge in [0.1, 0.15) is 0 Å². The van der Waals surface area contributed by atoms with Gasteiger partial charge in [-0.3, -0.25) is 0 Å². The molecule has 1 nitrogen and oxygen atoms in total. The molecule has 0 spiro atoms. The molecule has 4 unspecified atom stereocenters. The molecule has 0 bridgehead atoms. The topological polar surface area (TPSA) is 3.24 Å². The minimum Gasteiger partial charge on any atom is -0.358 e. The predicted octanol–water partition coefficient (Wildman–Crippen LogP) is 8.78. The van der Waals surface area contributed by atoms with Gasteiger partial charge in [-0.25, -0.2) is 0 Å². The second-order valence-corrected chi connectivity index (χ2v) is 20.3. The van der Waals surface area contributed by atoms with Gasteiger partial charge in [0.2, 0.25) is 0 Å². The van der Waals surface area contributed by atoms with Crippen molar-refractivity contribution in [2.45, 2.75) is 87.2 Å². The summed E-state index contributed by atoms with van der Waals surface area (Å²) in [5.41, 5.74) is 1.53. The third kappa shape index (κ3) is 9.35. The van der Waals surface area contributed by atoms with E-state index in [9.17, 15) is 0 Å². The Kier molecular flexibility index (Phi) is 16.9. The summed E-state index contributed by atoms with van der Waals surface area (Å²) in [7, 11) is 2.86. The van der Waals surface area contributed by atoms with Crippen molar-refractivity contribution in [2.75, 3.05) is 14.1 Å². The van der Waals surface area contributed by atoms with Crippen molar-refractivity contribution in [3.8, 4) is 0 Å². The number of nitrogens with zero attached hydrogens (tertiary/aromatic N) is 1. The summed E-state index contributed by atoms with van der Waals surface area (Å²) >= 11 is 4.25. The summed E-state index contributed by atoms with van der Waals surface area (Å²) in [6, 6.07) is 23.2. The zero-order chi connectivity index (χ0) is 24.0. The van der Waals surface area contributed by atoms with Crippen LogP contribution in [0.1, 0.15) is 45.4 Å². The van der Waals surface area contributed by atoms with Crippen molar-refractivity contribution >= 4 is 42.5 Å². The molecule has 5 atom stereocenters. The average molecular weight is 633 g/mol. The molecule has 36 heavy (non-hydrogen) atoms. The van der Waals surface area contributed by atoms with E-state index in [4.69, 9.17) is 0 Å². The Hall–Kier alpha value is 0.0464. The van der Waals surface area contributed by atoms with Gasteiger partial charge in [-0.2, -0.15) is 0 Å². The van der Waals surface area contributed by atoms with Gasteiger partial charge in [0.25, 0.3) is 0 Å². The Labute approximate surface area is 246 Å². The molecule has 2 aromatic carbocycles. The van der Waals surface area contributed by atoms with Crippen LogP contribution in [0.2, 0.25) is 25.2 Å². The van der Waals surface area contributed by atoms with Gasteiger partial charge < -0.3 is 19.8 Å². The Morgan fingerprint density at radius 3 is 1.53 bits per heavy atom.